The molecule has 0 spiro atoms. The van der Waals surface area contributed by atoms with Crippen LogP contribution in [-0.4, -0.2) is 40.3 Å². The van der Waals surface area contributed by atoms with Crippen LogP contribution in [0.1, 0.15) is 92.7 Å². The van der Waals surface area contributed by atoms with Gasteiger partial charge in [0.25, 0.3) is 0 Å². The van der Waals surface area contributed by atoms with Gasteiger partial charge in [-0.2, -0.15) is 0 Å². The predicted molar refractivity (Wildman–Crippen MR) is 209 cm³/mol. The van der Waals surface area contributed by atoms with Gasteiger partial charge in [-0.1, -0.05) is 86.6 Å². The molecule has 2 aromatic carbocycles. The van der Waals surface area contributed by atoms with Crippen LogP contribution in [0.4, 0.5) is 5.69 Å². The van der Waals surface area contributed by atoms with Gasteiger partial charge in [-0.15, -0.1) is 25.3 Å². The molecule has 5 rings (SSSR count). The maximum Gasteiger partial charge on any atom is 0.104 e. The number of benzene rings is 2. The Morgan fingerprint density at radius 1 is 1.11 bits per heavy atom. The number of thiol groups is 2. The van der Waals surface area contributed by atoms with E-state index in [9.17, 15) is 0 Å². The molecular weight excluding hydrogens is 617 g/mol. The van der Waals surface area contributed by atoms with Gasteiger partial charge in [0.15, 0.2) is 0 Å². The Bertz CT molecular complexity index is 1510. The molecule has 252 valence electrons. The largest absolute Gasteiger partial charge is 0.397 e. The summed E-state index contributed by atoms with van der Waals surface area (Å²) in [5.41, 5.74) is 15.5. The SMILES string of the molecule is C=C/C=C(\S)c1ccc(C)cc1C1C=Cc2cc(CN(C(=C/C)/C(N)=C\C(=C)S)C3CCCCC3)ccc2N1.CC(O)N1CCCC1. The van der Waals surface area contributed by atoms with Crippen LogP contribution in [-0.2, 0) is 6.54 Å². The van der Waals surface area contributed by atoms with Crippen molar-refractivity contribution in [1.29, 1.82) is 0 Å². The number of hydrogen-bond acceptors (Lipinski definition) is 7. The van der Waals surface area contributed by atoms with Gasteiger partial charge in [-0.05, 0) is 97.9 Å². The number of hydrogen-bond donors (Lipinski definition) is 5. The Balaban J connectivity index is 0.000000546. The summed E-state index contributed by atoms with van der Waals surface area (Å²) in [6, 6.07) is 13.8. The quantitative estimate of drug-likeness (QED) is 0.129. The maximum absolute atomic E-state index is 8.98. The molecule has 7 heteroatoms. The Kier molecular flexibility index (Phi) is 14.0. The lowest BCUT2D eigenvalue weighted by atomic mass is 9.92. The van der Waals surface area contributed by atoms with Crippen molar-refractivity contribution in [2.45, 2.75) is 90.6 Å². The fourth-order valence-corrected chi connectivity index (χ4v) is 7.27. The molecule has 0 amide bonds. The Hall–Kier alpha value is -3.10. The molecule has 2 aliphatic heterocycles. The first-order valence-electron chi connectivity index (χ1n) is 17.0. The predicted octanol–water partition coefficient (Wildman–Crippen LogP) is 9.38. The zero-order valence-corrected chi connectivity index (χ0v) is 30.2. The monoisotopic (exact) mass is 670 g/mol. The first-order chi connectivity index (χ1) is 22.6. The van der Waals surface area contributed by atoms with Crippen LogP contribution in [0.3, 0.4) is 0 Å². The summed E-state index contributed by atoms with van der Waals surface area (Å²) < 4.78 is 0. The van der Waals surface area contributed by atoms with Crippen LogP contribution in [0.15, 0.2) is 96.2 Å². The Morgan fingerprint density at radius 2 is 1.83 bits per heavy atom. The highest BCUT2D eigenvalue weighted by atomic mass is 32.1. The zero-order chi connectivity index (χ0) is 33.9. The van der Waals surface area contributed by atoms with Crippen LogP contribution in [0.2, 0.25) is 0 Å². The highest BCUT2D eigenvalue weighted by Crippen LogP contribution is 2.36. The standard InChI is InChI=1S/C34H41N3S2.C6H13NO/c1-5-10-34(39)28-16-13-23(3)19-29(28)32-18-15-26-21-25(14-17-31(26)36-32)22-37(27-11-8-7-9-12-27)33(6-2)30(35)20-24(4)38;1-6(8)7-4-2-3-5-7/h5-6,10,13-21,27,32,36,38-39H,1,4,7-9,11-12,22,35H2,2-3H3;6,8H,2-5H2,1H3/b30-20+,33-6+,34-10-;. The molecule has 2 heterocycles. The number of nitrogens with one attached hydrogen (secondary N) is 1. The van der Waals surface area contributed by atoms with Crippen molar-refractivity contribution in [2.24, 2.45) is 5.73 Å². The zero-order valence-electron chi connectivity index (χ0n) is 28.5. The summed E-state index contributed by atoms with van der Waals surface area (Å²) in [7, 11) is 0. The molecule has 0 radical (unpaired) electrons. The van der Waals surface area contributed by atoms with E-state index in [1.807, 2.05) is 19.1 Å². The number of aryl methyl sites for hydroxylation is 1. The van der Waals surface area contributed by atoms with E-state index in [-0.39, 0.29) is 12.3 Å². The van der Waals surface area contributed by atoms with Crippen LogP contribution >= 0.6 is 25.3 Å². The lowest BCUT2D eigenvalue weighted by molar-refractivity contribution is 0.0369. The molecule has 1 aliphatic carbocycles. The van der Waals surface area contributed by atoms with E-state index in [0.29, 0.717) is 16.6 Å². The molecule has 5 nitrogen and oxygen atoms in total. The van der Waals surface area contributed by atoms with Crippen LogP contribution < -0.4 is 11.1 Å². The number of allylic oxidation sites excluding steroid dienone is 4. The second-order valence-corrected chi connectivity index (χ2v) is 13.9. The van der Waals surface area contributed by atoms with E-state index in [0.717, 1.165) is 41.5 Å². The second kappa shape index (κ2) is 17.9. The number of rotatable bonds is 10. The van der Waals surface area contributed by atoms with Gasteiger partial charge in [0.1, 0.15) is 6.23 Å². The van der Waals surface area contributed by atoms with Gasteiger partial charge in [-0.3, -0.25) is 4.90 Å². The molecule has 1 saturated heterocycles. The lowest BCUT2D eigenvalue weighted by Gasteiger charge is -2.38. The third-order valence-corrected chi connectivity index (χ3v) is 9.75. The maximum atomic E-state index is 8.98. The van der Waals surface area contributed by atoms with Gasteiger partial charge < -0.3 is 21.1 Å². The molecule has 0 bridgehead atoms. The summed E-state index contributed by atoms with van der Waals surface area (Å²) in [4.78, 5) is 6.15. The highest BCUT2D eigenvalue weighted by molar-refractivity contribution is 7.90. The summed E-state index contributed by atoms with van der Waals surface area (Å²) in [5.74, 6) is 0. The van der Waals surface area contributed by atoms with Gasteiger partial charge in [0, 0.05) is 36.3 Å². The minimum Gasteiger partial charge on any atom is -0.397 e. The van der Waals surface area contributed by atoms with Crippen molar-refractivity contribution in [2.75, 3.05) is 18.4 Å². The molecule has 2 atom stereocenters. The molecule has 2 unspecified atom stereocenters. The number of anilines is 1. The molecule has 0 aromatic heterocycles. The number of likely N-dealkylation sites (tertiary alicyclic amines) is 1. The number of nitrogens with two attached hydrogens (primary N) is 1. The molecule has 3 aliphatic rings. The van der Waals surface area contributed by atoms with Gasteiger partial charge in [-0.25, -0.2) is 0 Å². The van der Waals surface area contributed by atoms with E-state index < -0.39 is 0 Å². The van der Waals surface area contributed by atoms with Gasteiger partial charge in [0.05, 0.1) is 17.4 Å². The average Bonchev–Trinajstić information content (AvgIpc) is 3.61. The summed E-state index contributed by atoms with van der Waals surface area (Å²) >= 11 is 9.10. The van der Waals surface area contributed by atoms with E-state index in [1.54, 1.807) is 6.08 Å². The molecule has 47 heavy (non-hydrogen) atoms. The van der Waals surface area contributed by atoms with Crippen LogP contribution in [0.25, 0.3) is 11.0 Å². The Labute approximate surface area is 294 Å². The smallest absolute Gasteiger partial charge is 0.104 e. The molecular formula is C40H54N4OS2. The lowest BCUT2D eigenvalue weighted by Crippen LogP contribution is -2.37. The van der Waals surface area contributed by atoms with E-state index >= 15 is 0 Å². The first-order valence-corrected chi connectivity index (χ1v) is 17.9. The fraction of sp³-hybridized carbons (Fsp3) is 0.400. The van der Waals surface area contributed by atoms with Gasteiger partial charge >= 0.3 is 0 Å². The topological polar surface area (TPSA) is 64.8 Å². The minimum absolute atomic E-state index is 0.0613. The van der Waals surface area contributed by atoms with Crippen molar-refractivity contribution in [1.82, 2.24) is 9.80 Å². The van der Waals surface area contributed by atoms with Crippen molar-refractivity contribution >= 4 is 41.9 Å². The van der Waals surface area contributed by atoms with E-state index in [4.69, 9.17) is 23.5 Å². The van der Waals surface area contributed by atoms with Crippen LogP contribution in [0, 0.1) is 6.92 Å². The van der Waals surface area contributed by atoms with E-state index in [1.165, 1.54) is 67.2 Å². The van der Waals surface area contributed by atoms with Crippen LogP contribution in [0.5, 0.6) is 0 Å². The third kappa shape index (κ3) is 10.2. The second-order valence-electron chi connectivity index (χ2n) is 12.8. The molecule has 2 aromatic rings. The van der Waals surface area contributed by atoms with Crippen molar-refractivity contribution in [3.05, 3.63) is 124 Å². The molecule has 1 saturated carbocycles. The number of aliphatic hydroxyl groups is 1. The van der Waals surface area contributed by atoms with Gasteiger partial charge in [0.2, 0.25) is 0 Å². The highest BCUT2D eigenvalue weighted by Gasteiger charge is 2.25. The number of nitrogens with zero attached hydrogens (tertiary/aromatic N) is 2. The average molecular weight is 671 g/mol. The number of fused-ring (bicyclic) bond motifs is 1. The molecule has 2 fully saturated rings. The normalized spacial score (nSPS) is 19.7. The summed E-state index contributed by atoms with van der Waals surface area (Å²) in [5, 5.41) is 12.7. The first kappa shape index (κ1) is 36.7. The van der Waals surface area contributed by atoms with E-state index in [2.05, 4.69) is 109 Å². The summed E-state index contributed by atoms with van der Waals surface area (Å²) in [6.07, 6.45) is 20.7. The summed E-state index contributed by atoms with van der Waals surface area (Å²) in [6.45, 7) is 16.7. The fourth-order valence-electron chi connectivity index (χ4n) is 6.82. The third-order valence-electron chi connectivity index (χ3n) is 9.23. The van der Waals surface area contributed by atoms with Crippen molar-refractivity contribution < 1.29 is 5.11 Å². The van der Waals surface area contributed by atoms with Crippen molar-refractivity contribution in [3.63, 3.8) is 0 Å². The Morgan fingerprint density at radius 3 is 2.45 bits per heavy atom. The molecule has 4 N–H and O–H groups in total. The number of aliphatic hydroxyl groups excluding tert-OH is 1. The van der Waals surface area contributed by atoms with Crippen molar-refractivity contribution in [3.8, 4) is 0 Å². The minimum atomic E-state index is -0.225.